The molecule has 13 heavy (non-hydrogen) atoms. The third-order valence-corrected chi connectivity index (χ3v) is 1.75. The summed E-state index contributed by atoms with van der Waals surface area (Å²) in [5.41, 5.74) is -0.584. The summed E-state index contributed by atoms with van der Waals surface area (Å²) in [5.74, 6) is 0. The number of hydrogen-bond donors (Lipinski definition) is 2. The molecule has 0 radical (unpaired) electrons. The van der Waals surface area contributed by atoms with Gasteiger partial charge in [0.2, 0.25) is 0 Å². The Morgan fingerprint density at radius 1 is 1.31 bits per heavy atom. The molecule has 0 aromatic carbocycles. The van der Waals surface area contributed by atoms with Crippen LogP contribution < -0.4 is 5.32 Å². The van der Waals surface area contributed by atoms with Crippen LogP contribution in [0.4, 0.5) is 0 Å². The third-order valence-electron chi connectivity index (χ3n) is 1.75. The second kappa shape index (κ2) is 6.35. The lowest BCUT2D eigenvalue weighted by Crippen LogP contribution is -2.39. The van der Waals surface area contributed by atoms with Gasteiger partial charge in [-0.15, -0.1) is 0 Å². The fourth-order valence-corrected chi connectivity index (χ4v) is 1.31. The molecule has 0 fully saturated rings. The van der Waals surface area contributed by atoms with Crippen molar-refractivity contribution in [1.29, 1.82) is 0 Å². The Bertz CT molecular complexity index is 121. The van der Waals surface area contributed by atoms with Crippen molar-refractivity contribution >= 4 is 0 Å². The Morgan fingerprint density at radius 2 is 1.92 bits per heavy atom. The van der Waals surface area contributed by atoms with Gasteiger partial charge in [-0.1, -0.05) is 6.92 Å². The summed E-state index contributed by atoms with van der Waals surface area (Å²) in [5, 5.41) is 12.9. The first-order chi connectivity index (χ1) is 5.95. The molecule has 0 heterocycles. The van der Waals surface area contributed by atoms with Gasteiger partial charge in [-0.25, -0.2) is 0 Å². The van der Waals surface area contributed by atoms with Gasteiger partial charge in [-0.05, 0) is 33.9 Å². The molecule has 3 heteroatoms. The van der Waals surface area contributed by atoms with Gasteiger partial charge in [-0.2, -0.15) is 0 Å². The second-order valence-electron chi connectivity index (χ2n) is 4.30. The van der Waals surface area contributed by atoms with Crippen LogP contribution in [0.15, 0.2) is 0 Å². The summed E-state index contributed by atoms with van der Waals surface area (Å²) in [6.45, 7) is 9.63. The molecule has 0 rings (SSSR count). The lowest BCUT2D eigenvalue weighted by molar-refractivity contribution is 0.0450. The van der Waals surface area contributed by atoms with Crippen molar-refractivity contribution < 1.29 is 5.11 Å². The molecular weight excluding hydrogens is 164 g/mol. The number of rotatable bonds is 7. The summed E-state index contributed by atoms with van der Waals surface area (Å²) in [6.07, 6.45) is 1.18. The van der Waals surface area contributed by atoms with Crippen LogP contribution in [0, 0.1) is 0 Å². The fourth-order valence-electron chi connectivity index (χ4n) is 1.31. The van der Waals surface area contributed by atoms with Crippen molar-refractivity contribution in [1.82, 2.24) is 10.2 Å². The molecule has 0 amide bonds. The topological polar surface area (TPSA) is 35.5 Å². The first kappa shape index (κ1) is 12.9. The predicted octanol–water partition coefficient (Wildman–Crippen LogP) is 0.689. The highest BCUT2D eigenvalue weighted by Crippen LogP contribution is 2.01. The summed E-state index contributed by atoms with van der Waals surface area (Å²) in [7, 11) is 2.03. The Hall–Kier alpha value is -0.120. The van der Waals surface area contributed by atoms with Crippen LogP contribution in [0.3, 0.4) is 0 Å². The summed E-state index contributed by atoms with van der Waals surface area (Å²) in [6, 6.07) is 0. The van der Waals surface area contributed by atoms with Gasteiger partial charge in [0.25, 0.3) is 0 Å². The monoisotopic (exact) mass is 188 g/mol. The lowest BCUT2D eigenvalue weighted by Gasteiger charge is -2.25. The van der Waals surface area contributed by atoms with Crippen LogP contribution >= 0.6 is 0 Å². The minimum Gasteiger partial charge on any atom is -0.389 e. The van der Waals surface area contributed by atoms with E-state index < -0.39 is 5.60 Å². The number of nitrogens with one attached hydrogen (secondary N) is 1. The number of aliphatic hydroxyl groups is 1. The molecule has 0 spiro atoms. The van der Waals surface area contributed by atoms with Crippen LogP contribution in [0.1, 0.15) is 27.2 Å². The van der Waals surface area contributed by atoms with Gasteiger partial charge in [0.1, 0.15) is 0 Å². The van der Waals surface area contributed by atoms with Crippen LogP contribution in [-0.2, 0) is 0 Å². The van der Waals surface area contributed by atoms with Gasteiger partial charge in [0.15, 0.2) is 0 Å². The van der Waals surface area contributed by atoms with Gasteiger partial charge >= 0.3 is 0 Å². The summed E-state index contributed by atoms with van der Waals surface area (Å²) < 4.78 is 0. The zero-order chi connectivity index (χ0) is 10.3. The zero-order valence-corrected chi connectivity index (χ0v) is 9.43. The van der Waals surface area contributed by atoms with E-state index >= 15 is 0 Å². The van der Waals surface area contributed by atoms with Crippen molar-refractivity contribution in [3.63, 3.8) is 0 Å². The molecule has 0 saturated carbocycles. The van der Waals surface area contributed by atoms with Crippen LogP contribution in [0.25, 0.3) is 0 Å². The van der Waals surface area contributed by atoms with E-state index in [0.717, 1.165) is 26.2 Å². The highest BCUT2D eigenvalue weighted by Gasteiger charge is 2.14. The predicted molar refractivity (Wildman–Crippen MR) is 57.0 cm³/mol. The van der Waals surface area contributed by atoms with Crippen molar-refractivity contribution in [2.24, 2.45) is 0 Å². The van der Waals surface area contributed by atoms with E-state index in [9.17, 15) is 5.11 Å². The average Bonchev–Trinajstić information content (AvgIpc) is 1.94. The number of nitrogens with zero attached hydrogens (tertiary/aromatic N) is 1. The fraction of sp³-hybridized carbons (Fsp3) is 1.00. The summed E-state index contributed by atoms with van der Waals surface area (Å²) >= 11 is 0. The van der Waals surface area contributed by atoms with Crippen LogP contribution in [0.2, 0.25) is 0 Å². The highest BCUT2D eigenvalue weighted by atomic mass is 16.3. The SMILES string of the molecule is CCCNCCN(C)CC(C)(C)O. The third kappa shape index (κ3) is 9.80. The quantitative estimate of drug-likeness (QED) is 0.577. The first-order valence-corrected chi connectivity index (χ1v) is 5.07. The molecule has 0 saturated heterocycles. The maximum absolute atomic E-state index is 9.53. The van der Waals surface area contributed by atoms with Gasteiger partial charge in [0, 0.05) is 19.6 Å². The Morgan fingerprint density at radius 3 is 2.38 bits per heavy atom. The van der Waals surface area contributed by atoms with E-state index in [1.807, 2.05) is 20.9 Å². The summed E-state index contributed by atoms with van der Waals surface area (Å²) in [4.78, 5) is 2.14. The van der Waals surface area contributed by atoms with E-state index in [1.54, 1.807) is 0 Å². The Balaban J connectivity index is 3.35. The van der Waals surface area contributed by atoms with Crippen molar-refractivity contribution in [2.45, 2.75) is 32.8 Å². The molecule has 0 aromatic rings. The van der Waals surface area contributed by atoms with E-state index in [1.165, 1.54) is 6.42 Å². The van der Waals surface area contributed by atoms with E-state index in [4.69, 9.17) is 0 Å². The van der Waals surface area contributed by atoms with Gasteiger partial charge < -0.3 is 15.3 Å². The van der Waals surface area contributed by atoms with Gasteiger partial charge in [0.05, 0.1) is 5.60 Å². The molecule has 0 aliphatic rings. The molecule has 2 N–H and O–H groups in total. The number of hydrogen-bond acceptors (Lipinski definition) is 3. The molecule has 0 aromatic heterocycles. The van der Waals surface area contributed by atoms with Crippen LogP contribution in [0.5, 0.6) is 0 Å². The van der Waals surface area contributed by atoms with Crippen molar-refractivity contribution in [3.05, 3.63) is 0 Å². The van der Waals surface area contributed by atoms with Crippen LogP contribution in [-0.4, -0.2) is 48.8 Å². The normalized spacial score (nSPS) is 12.5. The minimum absolute atomic E-state index is 0.584. The molecular formula is C10H24N2O. The smallest absolute Gasteiger partial charge is 0.0718 e. The zero-order valence-electron chi connectivity index (χ0n) is 9.43. The van der Waals surface area contributed by atoms with Crippen molar-refractivity contribution in [2.75, 3.05) is 33.2 Å². The maximum Gasteiger partial charge on any atom is 0.0718 e. The molecule has 80 valence electrons. The van der Waals surface area contributed by atoms with E-state index in [-0.39, 0.29) is 0 Å². The molecule has 0 unspecified atom stereocenters. The standard InChI is InChI=1S/C10H24N2O/c1-5-6-11-7-8-12(4)9-10(2,3)13/h11,13H,5-9H2,1-4H3. The largest absolute Gasteiger partial charge is 0.389 e. The Kier molecular flexibility index (Phi) is 6.29. The second-order valence-corrected chi connectivity index (χ2v) is 4.30. The van der Waals surface area contributed by atoms with Gasteiger partial charge in [-0.3, -0.25) is 0 Å². The highest BCUT2D eigenvalue weighted by molar-refractivity contribution is 4.70. The first-order valence-electron chi connectivity index (χ1n) is 5.07. The molecule has 0 atom stereocenters. The molecule has 0 bridgehead atoms. The maximum atomic E-state index is 9.53. The average molecular weight is 188 g/mol. The minimum atomic E-state index is -0.584. The number of likely N-dealkylation sites (N-methyl/N-ethyl adjacent to an activating group) is 1. The van der Waals surface area contributed by atoms with E-state index in [0.29, 0.717) is 0 Å². The molecule has 3 nitrogen and oxygen atoms in total. The van der Waals surface area contributed by atoms with Crippen molar-refractivity contribution in [3.8, 4) is 0 Å². The van der Waals surface area contributed by atoms with E-state index in [2.05, 4.69) is 17.1 Å². The molecule has 0 aliphatic heterocycles. The lowest BCUT2D eigenvalue weighted by atomic mass is 10.1. The molecule has 0 aliphatic carbocycles. The Labute approximate surface area is 82.1 Å².